The lowest BCUT2D eigenvalue weighted by Gasteiger charge is -2.06. The van der Waals surface area contributed by atoms with Gasteiger partial charge < -0.3 is 10.8 Å². The Hall–Kier alpha value is -0.900. The van der Waals surface area contributed by atoms with Crippen LogP contribution in [0, 0.1) is 6.92 Å². The van der Waals surface area contributed by atoms with Crippen molar-refractivity contribution in [3.63, 3.8) is 0 Å². The third kappa shape index (κ3) is 2.04. The molecular weight excluding hydrogens is 206 g/mol. The average molecular weight is 221 g/mol. The van der Waals surface area contributed by atoms with Crippen LogP contribution in [0.3, 0.4) is 0 Å². The summed E-state index contributed by atoms with van der Waals surface area (Å²) in [7, 11) is 0. The Bertz CT molecular complexity index is 464. The predicted octanol–water partition coefficient (Wildman–Crippen LogP) is 2.07. The molecule has 0 saturated carbocycles. The number of hydrogen-bond donors (Lipinski definition) is 2. The van der Waals surface area contributed by atoms with Crippen molar-refractivity contribution in [1.82, 2.24) is 0 Å². The number of hydrogen-bond acceptors (Lipinski definition) is 3. The van der Waals surface area contributed by atoms with Crippen molar-refractivity contribution in [3.05, 3.63) is 34.7 Å². The summed E-state index contributed by atoms with van der Waals surface area (Å²) in [5.74, 6) is 0. The van der Waals surface area contributed by atoms with Crippen molar-refractivity contribution in [2.24, 2.45) is 5.73 Å². The highest BCUT2D eigenvalue weighted by atomic mass is 32.1. The molecule has 15 heavy (non-hydrogen) atoms. The lowest BCUT2D eigenvalue weighted by atomic mass is 10.1. The normalized spacial score (nSPS) is 13.3. The van der Waals surface area contributed by atoms with E-state index >= 15 is 0 Å². The molecule has 2 nitrogen and oxygen atoms in total. The van der Waals surface area contributed by atoms with Crippen LogP contribution in [0.5, 0.6) is 0 Å². The number of aryl methyl sites for hydroxylation is 1. The maximum Gasteiger partial charge on any atom is 0.0586 e. The molecule has 0 radical (unpaired) electrons. The Kier molecular flexibility index (Phi) is 3.05. The first-order valence-electron chi connectivity index (χ1n) is 5.06. The van der Waals surface area contributed by atoms with Gasteiger partial charge in [-0.2, -0.15) is 0 Å². The molecule has 80 valence electrons. The molecule has 1 unspecified atom stereocenters. The molecule has 1 aromatic heterocycles. The topological polar surface area (TPSA) is 46.2 Å². The van der Waals surface area contributed by atoms with E-state index in [1.165, 1.54) is 20.5 Å². The Morgan fingerprint density at radius 1 is 1.40 bits per heavy atom. The van der Waals surface area contributed by atoms with Crippen LogP contribution < -0.4 is 5.73 Å². The molecule has 0 aliphatic heterocycles. The molecule has 0 bridgehead atoms. The molecule has 1 aromatic carbocycles. The molecule has 0 fully saturated rings. The molecule has 1 heterocycles. The first-order valence-corrected chi connectivity index (χ1v) is 5.87. The number of benzene rings is 1. The van der Waals surface area contributed by atoms with Gasteiger partial charge in [-0.1, -0.05) is 18.2 Å². The van der Waals surface area contributed by atoms with Crippen molar-refractivity contribution < 1.29 is 5.11 Å². The fourth-order valence-corrected chi connectivity index (χ4v) is 3.03. The molecule has 2 aromatic rings. The summed E-state index contributed by atoms with van der Waals surface area (Å²) in [5.41, 5.74) is 7.06. The summed E-state index contributed by atoms with van der Waals surface area (Å²) in [4.78, 5) is 1.29. The van der Waals surface area contributed by atoms with Crippen LogP contribution in [0.25, 0.3) is 10.1 Å². The van der Waals surface area contributed by atoms with Crippen molar-refractivity contribution >= 4 is 21.4 Å². The van der Waals surface area contributed by atoms with Crippen LogP contribution >= 0.6 is 11.3 Å². The van der Waals surface area contributed by atoms with Crippen LogP contribution in [0.15, 0.2) is 24.3 Å². The van der Waals surface area contributed by atoms with Gasteiger partial charge >= 0.3 is 0 Å². The molecule has 0 aliphatic rings. The van der Waals surface area contributed by atoms with Crippen molar-refractivity contribution in [3.8, 4) is 0 Å². The van der Waals surface area contributed by atoms with Gasteiger partial charge in [0, 0.05) is 15.6 Å². The molecule has 0 amide bonds. The first kappa shape index (κ1) is 10.6. The monoisotopic (exact) mass is 221 g/mol. The smallest absolute Gasteiger partial charge is 0.0586 e. The number of fused-ring (bicyclic) bond motifs is 1. The second-order valence-electron chi connectivity index (χ2n) is 3.79. The van der Waals surface area contributed by atoms with Gasteiger partial charge in [0.1, 0.15) is 0 Å². The standard InChI is InChI=1S/C12H15NOS/c1-8-10-4-2-3-5-11(10)15-12(8)6-9(13)7-14/h2-5,9,14H,6-7,13H2,1H3. The third-order valence-electron chi connectivity index (χ3n) is 2.62. The number of aliphatic hydroxyl groups excluding tert-OH is 1. The van der Waals surface area contributed by atoms with Gasteiger partial charge in [0.15, 0.2) is 0 Å². The summed E-state index contributed by atoms with van der Waals surface area (Å²) in [6, 6.07) is 8.22. The lowest BCUT2D eigenvalue weighted by Crippen LogP contribution is -2.26. The average Bonchev–Trinajstić information content (AvgIpc) is 2.57. The summed E-state index contributed by atoms with van der Waals surface area (Å²) in [5, 5.41) is 10.2. The number of aliphatic hydroxyl groups is 1. The summed E-state index contributed by atoms with van der Waals surface area (Å²) < 4.78 is 1.30. The molecule has 3 N–H and O–H groups in total. The predicted molar refractivity (Wildman–Crippen MR) is 65.3 cm³/mol. The van der Waals surface area contributed by atoms with Crippen LogP contribution in [0.1, 0.15) is 10.4 Å². The largest absolute Gasteiger partial charge is 0.395 e. The van der Waals surface area contributed by atoms with Gasteiger partial charge in [-0.05, 0) is 30.4 Å². The Balaban J connectivity index is 2.40. The van der Waals surface area contributed by atoms with Crippen LogP contribution in [-0.2, 0) is 6.42 Å². The van der Waals surface area contributed by atoms with Gasteiger partial charge in [0.2, 0.25) is 0 Å². The van der Waals surface area contributed by atoms with Crippen molar-refractivity contribution in [1.29, 1.82) is 0 Å². The summed E-state index contributed by atoms with van der Waals surface area (Å²) in [6.45, 7) is 2.17. The SMILES string of the molecule is Cc1c(CC(N)CO)sc2ccccc12. The van der Waals surface area contributed by atoms with Crippen LogP contribution in [0.4, 0.5) is 0 Å². The number of rotatable bonds is 3. The van der Waals surface area contributed by atoms with Gasteiger partial charge in [0.25, 0.3) is 0 Å². The molecule has 2 rings (SSSR count). The highest BCUT2D eigenvalue weighted by molar-refractivity contribution is 7.19. The Labute approximate surface area is 93.3 Å². The zero-order chi connectivity index (χ0) is 10.8. The fraction of sp³-hybridized carbons (Fsp3) is 0.333. The second-order valence-corrected chi connectivity index (χ2v) is 4.93. The molecule has 0 spiro atoms. The summed E-state index contributed by atoms with van der Waals surface area (Å²) in [6.07, 6.45) is 0.766. The zero-order valence-corrected chi connectivity index (χ0v) is 9.55. The maximum absolute atomic E-state index is 8.94. The number of nitrogens with two attached hydrogens (primary N) is 1. The van der Waals surface area contributed by atoms with Gasteiger partial charge in [0.05, 0.1) is 6.61 Å². The van der Waals surface area contributed by atoms with Crippen molar-refractivity contribution in [2.45, 2.75) is 19.4 Å². The zero-order valence-electron chi connectivity index (χ0n) is 8.73. The van der Waals surface area contributed by atoms with Gasteiger partial charge in [-0.15, -0.1) is 11.3 Å². The molecular formula is C12H15NOS. The summed E-state index contributed by atoms with van der Waals surface area (Å²) >= 11 is 1.78. The van der Waals surface area contributed by atoms with E-state index in [4.69, 9.17) is 10.8 Å². The third-order valence-corrected chi connectivity index (χ3v) is 3.92. The van der Waals surface area contributed by atoms with Crippen LogP contribution in [0.2, 0.25) is 0 Å². The number of thiophene rings is 1. The molecule has 3 heteroatoms. The lowest BCUT2D eigenvalue weighted by molar-refractivity contribution is 0.265. The van der Waals surface area contributed by atoms with E-state index in [-0.39, 0.29) is 12.6 Å². The van der Waals surface area contributed by atoms with E-state index in [0.717, 1.165) is 6.42 Å². The van der Waals surface area contributed by atoms with E-state index in [1.807, 2.05) is 6.07 Å². The van der Waals surface area contributed by atoms with E-state index in [1.54, 1.807) is 11.3 Å². The van der Waals surface area contributed by atoms with Gasteiger partial charge in [-0.3, -0.25) is 0 Å². The fourth-order valence-electron chi connectivity index (χ4n) is 1.72. The Morgan fingerprint density at radius 3 is 2.80 bits per heavy atom. The second kappa shape index (κ2) is 4.31. The van der Waals surface area contributed by atoms with E-state index in [9.17, 15) is 0 Å². The minimum Gasteiger partial charge on any atom is -0.395 e. The Morgan fingerprint density at radius 2 is 2.13 bits per heavy atom. The first-order chi connectivity index (χ1) is 7.22. The molecule has 1 atom stereocenters. The minimum atomic E-state index is -0.142. The quantitative estimate of drug-likeness (QED) is 0.833. The highest BCUT2D eigenvalue weighted by Crippen LogP contribution is 2.31. The highest BCUT2D eigenvalue weighted by Gasteiger charge is 2.10. The van der Waals surface area contributed by atoms with Crippen LogP contribution in [-0.4, -0.2) is 17.8 Å². The van der Waals surface area contributed by atoms with E-state index in [0.29, 0.717) is 0 Å². The van der Waals surface area contributed by atoms with Crippen molar-refractivity contribution in [2.75, 3.05) is 6.61 Å². The van der Waals surface area contributed by atoms with Gasteiger partial charge in [-0.25, -0.2) is 0 Å². The van der Waals surface area contributed by atoms with E-state index < -0.39 is 0 Å². The molecule has 0 saturated heterocycles. The minimum absolute atomic E-state index is 0.0493. The molecule has 0 aliphatic carbocycles. The maximum atomic E-state index is 8.94. The van der Waals surface area contributed by atoms with E-state index in [2.05, 4.69) is 25.1 Å².